The van der Waals surface area contributed by atoms with Crippen molar-refractivity contribution < 1.29 is 0 Å². The van der Waals surface area contributed by atoms with E-state index in [1.54, 1.807) is 6.07 Å². The highest BCUT2D eigenvalue weighted by atomic mass is 35.5. The molecule has 0 aromatic heterocycles. The van der Waals surface area contributed by atoms with E-state index in [1.807, 2.05) is 12.1 Å². The first kappa shape index (κ1) is 14.4. The zero-order valence-electron chi connectivity index (χ0n) is 9.07. The maximum Gasteiger partial charge on any atom is 0.0453 e. The third kappa shape index (κ3) is 3.43. The lowest BCUT2D eigenvalue weighted by Crippen LogP contribution is -2.27. The van der Waals surface area contributed by atoms with E-state index in [2.05, 4.69) is 6.92 Å². The summed E-state index contributed by atoms with van der Waals surface area (Å²) in [4.78, 5) is 0. The number of benzene rings is 1. The first-order valence-corrected chi connectivity index (χ1v) is 6.95. The Morgan fingerprint density at radius 1 is 1.12 bits per heavy atom. The molecule has 90 valence electrons. The lowest BCUT2D eigenvalue weighted by atomic mass is 9.83. The molecule has 1 aromatic rings. The topological polar surface area (TPSA) is 0 Å². The maximum absolute atomic E-state index is 6.14. The average Bonchev–Trinajstić information content (AvgIpc) is 2.29. The van der Waals surface area contributed by atoms with Crippen LogP contribution in [-0.2, 0) is 6.42 Å². The molecule has 16 heavy (non-hydrogen) atoms. The Morgan fingerprint density at radius 2 is 1.75 bits per heavy atom. The molecule has 0 spiro atoms. The van der Waals surface area contributed by atoms with Gasteiger partial charge in [-0.2, -0.15) is 0 Å². The standard InChI is InChI=1S/C12H14Cl4/c1-2-12(7-13,8-14)6-9-3-4-10(15)5-11(9)16/h3-5H,2,6-8H2,1H3. The number of halogens is 4. The van der Waals surface area contributed by atoms with Gasteiger partial charge in [0.1, 0.15) is 0 Å². The molecule has 0 unspecified atom stereocenters. The second-order valence-electron chi connectivity index (χ2n) is 4.03. The summed E-state index contributed by atoms with van der Waals surface area (Å²) in [5, 5.41) is 1.33. The van der Waals surface area contributed by atoms with Crippen molar-refractivity contribution in [1.82, 2.24) is 0 Å². The van der Waals surface area contributed by atoms with Gasteiger partial charge in [-0.15, -0.1) is 23.2 Å². The predicted molar refractivity (Wildman–Crippen MR) is 74.3 cm³/mol. The van der Waals surface area contributed by atoms with Crippen LogP contribution in [0.15, 0.2) is 18.2 Å². The molecule has 0 saturated heterocycles. The summed E-state index contributed by atoms with van der Waals surface area (Å²) in [6, 6.07) is 5.53. The van der Waals surface area contributed by atoms with Crippen LogP contribution in [0.4, 0.5) is 0 Å². The Hall–Kier alpha value is 0.380. The lowest BCUT2D eigenvalue weighted by molar-refractivity contribution is 0.362. The first-order valence-electron chi connectivity index (χ1n) is 5.13. The minimum Gasteiger partial charge on any atom is -0.126 e. The highest BCUT2D eigenvalue weighted by Gasteiger charge is 2.27. The third-order valence-corrected chi connectivity index (χ3v) is 4.62. The van der Waals surface area contributed by atoms with E-state index in [-0.39, 0.29) is 5.41 Å². The van der Waals surface area contributed by atoms with E-state index in [0.717, 1.165) is 18.4 Å². The predicted octanol–water partition coefficient (Wildman–Crippen LogP) is 5.41. The molecule has 4 heteroatoms. The van der Waals surface area contributed by atoms with Gasteiger partial charge in [-0.3, -0.25) is 0 Å². The van der Waals surface area contributed by atoms with E-state index >= 15 is 0 Å². The summed E-state index contributed by atoms with van der Waals surface area (Å²) in [6.45, 7) is 2.09. The highest BCUT2D eigenvalue weighted by molar-refractivity contribution is 6.35. The van der Waals surface area contributed by atoms with Gasteiger partial charge in [0.15, 0.2) is 0 Å². The average molecular weight is 300 g/mol. The van der Waals surface area contributed by atoms with Crippen LogP contribution >= 0.6 is 46.4 Å². The quantitative estimate of drug-likeness (QED) is 0.638. The zero-order chi connectivity index (χ0) is 12.2. The van der Waals surface area contributed by atoms with Gasteiger partial charge in [-0.05, 0) is 30.5 Å². The van der Waals surface area contributed by atoms with E-state index in [0.29, 0.717) is 21.8 Å². The van der Waals surface area contributed by atoms with E-state index in [9.17, 15) is 0 Å². The van der Waals surface area contributed by atoms with E-state index in [1.165, 1.54) is 0 Å². The van der Waals surface area contributed by atoms with Crippen LogP contribution in [0.1, 0.15) is 18.9 Å². The molecule has 0 aliphatic rings. The molecule has 0 saturated carbocycles. The van der Waals surface area contributed by atoms with Crippen molar-refractivity contribution in [2.75, 3.05) is 11.8 Å². The molecular weight excluding hydrogens is 286 g/mol. The van der Waals surface area contributed by atoms with Gasteiger partial charge in [0.25, 0.3) is 0 Å². The van der Waals surface area contributed by atoms with Crippen molar-refractivity contribution in [3.05, 3.63) is 33.8 Å². The molecule has 1 rings (SSSR count). The molecule has 0 bridgehead atoms. The van der Waals surface area contributed by atoms with Gasteiger partial charge in [0, 0.05) is 27.2 Å². The van der Waals surface area contributed by atoms with Crippen LogP contribution < -0.4 is 0 Å². The van der Waals surface area contributed by atoms with Gasteiger partial charge in [-0.25, -0.2) is 0 Å². The fourth-order valence-electron chi connectivity index (χ4n) is 1.51. The van der Waals surface area contributed by atoms with Crippen molar-refractivity contribution >= 4 is 46.4 Å². The SMILES string of the molecule is CCC(CCl)(CCl)Cc1ccc(Cl)cc1Cl. The normalized spacial score (nSPS) is 11.8. The first-order chi connectivity index (χ1) is 7.56. The molecule has 0 radical (unpaired) electrons. The summed E-state index contributed by atoms with van der Waals surface area (Å²) in [5.41, 5.74) is 0.967. The molecule has 1 aromatic carbocycles. The smallest absolute Gasteiger partial charge is 0.0453 e. The summed E-state index contributed by atoms with van der Waals surface area (Å²) in [5.74, 6) is 1.07. The van der Waals surface area contributed by atoms with Crippen LogP contribution in [0.3, 0.4) is 0 Å². The monoisotopic (exact) mass is 298 g/mol. The van der Waals surface area contributed by atoms with Crippen molar-refractivity contribution in [1.29, 1.82) is 0 Å². The zero-order valence-corrected chi connectivity index (χ0v) is 12.1. The Labute approximate surface area is 117 Å². The number of rotatable bonds is 5. The summed E-state index contributed by atoms with van der Waals surface area (Å²) >= 11 is 24.0. The van der Waals surface area contributed by atoms with Crippen molar-refractivity contribution in [3.63, 3.8) is 0 Å². The molecule has 0 fully saturated rings. The molecule has 0 nitrogen and oxygen atoms in total. The maximum atomic E-state index is 6.14. The van der Waals surface area contributed by atoms with Gasteiger partial charge in [-0.1, -0.05) is 36.2 Å². The van der Waals surface area contributed by atoms with Crippen LogP contribution in [0, 0.1) is 5.41 Å². The second-order valence-corrected chi connectivity index (χ2v) is 5.41. The minimum atomic E-state index is -0.0828. The van der Waals surface area contributed by atoms with E-state index in [4.69, 9.17) is 46.4 Å². The summed E-state index contributed by atoms with van der Waals surface area (Å²) in [6.07, 6.45) is 1.71. The number of alkyl halides is 2. The largest absolute Gasteiger partial charge is 0.126 e. The van der Waals surface area contributed by atoms with Crippen molar-refractivity contribution in [2.24, 2.45) is 5.41 Å². The van der Waals surface area contributed by atoms with Crippen LogP contribution in [0.5, 0.6) is 0 Å². The van der Waals surface area contributed by atoms with Crippen LogP contribution in [-0.4, -0.2) is 11.8 Å². The van der Waals surface area contributed by atoms with Gasteiger partial charge in [0.05, 0.1) is 0 Å². The Balaban J connectivity index is 2.93. The minimum absolute atomic E-state index is 0.0828. The van der Waals surface area contributed by atoms with Gasteiger partial charge in [0.2, 0.25) is 0 Å². The fraction of sp³-hybridized carbons (Fsp3) is 0.500. The molecule has 0 aliphatic carbocycles. The summed E-state index contributed by atoms with van der Waals surface area (Å²) < 4.78 is 0. The van der Waals surface area contributed by atoms with Crippen LogP contribution in [0.25, 0.3) is 0 Å². The molecule has 0 amide bonds. The van der Waals surface area contributed by atoms with Gasteiger partial charge < -0.3 is 0 Å². The third-order valence-electron chi connectivity index (χ3n) is 2.90. The number of hydrogen-bond acceptors (Lipinski definition) is 0. The highest BCUT2D eigenvalue weighted by Crippen LogP contribution is 2.33. The van der Waals surface area contributed by atoms with Crippen LogP contribution in [0.2, 0.25) is 10.0 Å². The Kier molecular flexibility index (Phi) is 5.73. The number of hydrogen-bond donors (Lipinski definition) is 0. The Morgan fingerprint density at radius 3 is 2.19 bits per heavy atom. The Bertz CT molecular complexity index is 337. The van der Waals surface area contributed by atoms with Gasteiger partial charge >= 0.3 is 0 Å². The second kappa shape index (κ2) is 6.35. The van der Waals surface area contributed by atoms with Crippen molar-refractivity contribution in [2.45, 2.75) is 19.8 Å². The molecule has 0 atom stereocenters. The molecule has 0 heterocycles. The van der Waals surface area contributed by atoms with Crippen molar-refractivity contribution in [3.8, 4) is 0 Å². The summed E-state index contributed by atoms with van der Waals surface area (Å²) in [7, 11) is 0. The van der Waals surface area contributed by atoms with E-state index < -0.39 is 0 Å². The fourth-order valence-corrected chi connectivity index (χ4v) is 2.84. The lowest BCUT2D eigenvalue weighted by Gasteiger charge is -2.28. The molecule has 0 N–H and O–H groups in total. The molecule has 0 aliphatic heterocycles. The molecular formula is C12H14Cl4.